The van der Waals surface area contributed by atoms with Crippen LogP contribution in [0.4, 0.5) is 5.69 Å². The molecule has 7 heteroatoms. The highest BCUT2D eigenvalue weighted by atomic mass is 35.5. The largest absolute Gasteiger partial charge is 0.493 e. The first kappa shape index (κ1) is 19.8. The summed E-state index contributed by atoms with van der Waals surface area (Å²) in [6.45, 7) is 4.75. The number of hydrogen-bond acceptors (Lipinski definition) is 5. The van der Waals surface area contributed by atoms with Crippen LogP contribution in [0.5, 0.6) is 17.4 Å². The van der Waals surface area contributed by atoms with Crippen LogP contribution in [0.2, 0.25) is 5.02 Å². The molecule has 0 unspecified atom stereocenters. The van der Waals surface area contributed by atoms with E-state index in [9.17, 15) is 4.79 Å². The molecule has 1 aromatic heterocycles. The SMILES string of the molecule is COc1cc(C(=O)Nc2cccnc2OC)cc(Cl)c1OCCC(C)C. The maximum Gasteiger partial charge on any atom is 0.256 e. The summed E-state index contributed by atoms with van der Waals surface area (Å²) in [5.41, 5.74) is 0.807. The minimum atomic E-state index is -0.356. The van der Waals surface area contributed by atoms with Crippen LogP contribution in [0.25, 0.3) is 0 Å². The molecule has 1 amide bonds. The van der Waals surface area contributed by atoms with Crippen LogP contribution in [0.1, 0.15) is 30.6 Å². The van der Waals surface area contributed by atoms with Crippen LogP contribution in [0.15, 0.2) is 30.5 Å². The summed E-state index contributed by atoms with van der Waals surface area (Å²) in [4.78, 5) is 16.6. The van der Waals surface area contributed by atoms with E-state index in [4.69, 9.17) is 25.8 Å². The topological polar surface area (TPSA) is 69.7 Å². The van der Waals surface area contributed by atoms with Gasteiger partial charge in [-0.1, -0.05) is 25.4 Å². The molecule has 1 N–H and O–H groups in total. The normalized spacial score (nSPS) is 10.5. The summed E-state index contributed by atoms with van der Waals surface area (Å²) < 4.78 is 16.2. The Morgan fingerprint density at radius 1 is 1.27 bits per heavy atom. The molecule has 6 nitrogen and oxygen atoms in total. The Labute approximate surface area is 158 Å². The number of benzene rings is 1. The van der Waals surface area contributed by atoms with Gasteiger partial charge in [0.15, 0.2) is 11.5 Å². The van der Waals surface area contributed by atoms with Gasteiger partial charge in [0.2, 0.25) is 5.88 Å². The van der Waals surface area contributed by atoms with Crippen molar-refractivity contribution < 1.29 is 19.0 Å². The summed E-state index contributed by atoms with van der Waals surface area (Å²) in [7, 11) is 2.99. The maximum absolute atomic E-state index is 12.6. The molecule has 1 heterocycles. The van der Waals surface area contributed by atoms with E-state index in [1.54, 1.807) is 30.5 Å². The van der Waals surface area contributed by atoms with E-state index in [1.807, 2.05) is 0 Å². The van der Waals surface area contributed by atoms with E-state index in [2.05, 4.69) is 24.1 Å². The van der Waals surface area contributed by atoms with Crippen molar-refractivity contribution in [2.24, 2.45) is 5.92 Å². The van der Waals surface area contributed by atoms with Gasteiger partial charge in [-0.3, -0.25) is 4.79 Å². The Bertz CT molecular complexity index is 765. The second-order valence-corrected chi connectivity index (χ2v) is 6.44. The van der Waals surface area contributed by atoms with E-state index in [0.29, 0.717) is 46.2 Å². The first-order valence-corrected chi connectivity index (χ1v) is 8.64. The monoisotopic (exact) mass is 378 g/mol. The van der Waals surface area contributed by atoms with Crippen molar-refractivity contribution in [3.05, 3.63) is 41.0 Å². The van der Waals surface area contributed by atoms with E-state index >= 15 is 0 Å². The number of ether oxygens (including phenoxy) is 3. The smallest absolute Gasteiger partial charge is 0.256 e. The molecule has 0 bridgehead atoms. The zero-order valence-electron chi connectivity index (χ0n) is 15.3. The minimum absolute atomic E-state index is 0.316. The summed E-state index contributed by atoms with van der Waals surface area (Å²) in [5.74, 6) is 1.33. The van der Waals surface area contributed by atoms with Gasteiger partial charge in [-0.25, -0.2) is 4.98 Å². The second-order valence-electron chi connectivity index (χ2n) is 6.03. The number of nitrogens with one attached hydrogen (secondary N) is 1. The average Bonchev–Trinajstić information content (AvgIpc) is 2.62. The van der Waals surface area contributed by atoms with Crippen molar-refractivity contribution in [1.29, 1.82) is 0 Å². The quantitative estimate of drug-likeness (QED) is 0.735. The third-order valence-electron chi connectivity index (χ3n) is 3.65. The van der Waals surface area contributed by atoms with Crippen molar-refractivity contribution in [2.75, 3.05) is 26.1 Å². The lowest BCUT2D eigenvalue weighted by atomic mass is 10.1. The highest BCUT2D eigenvalue weighted by Crippen LogP contribution is 2.37. The molecule has 0 saturated heterocycles. The van der Waals surface area contributed by atoms with Gasteiger partial charge in [0.1, 0.15) is 5.69 Å². The van der Waals surface area contributed by atoms with Gasteiger partial charge >= 0.3 is 0 Å². The van der Waals surface area contributed by atoms with Gasteiger partial charge in [0, 0.05) is 11.8 Å². The van der Waals surface area contributed by atoms with Crippen LogP contribution in [-0.2, 0) is 0 Å². The number of anilines is 1. The molecular weight excluding hydrogens is 356 g/mol. The van der Waals surface area contributed by atoms with Crippen molar-refractivity contribution in [2.45, 2.75) is 20.3 Å². The number of methoxy groups -OCH3 is 2. The third-order valence-corrected chi connectivity index (χ3v) is 3.93. The second kappa shape index (κ2) is 9.29. The van der Waals surface area contributed by atoms with Crippen LogP contribution in [-0.4, -0.2) is 31.7 Å². The Hall–Kier alpha value is -2.47. The number of carbonyl (C=O) groups is 1. The third kappa shape index (κ3) is 5.02. The number of rotatable bonds is 8. The zero-order chi connectivity index (χ0) is 19.1. The van der Waals surface area contributed by atoms with E-state index in [1.165, 1.54) is 14.2 Å². The van der Waals surface area contributed by atoms with E-state index in [0.717, 1.165) is 6.42 Å². The lowest BCUT2D eigenvalue weighted by Crippen LogP contribution is -2.13. The average molecular weight is 379 g/mol. The summed E-state index contributed by atoms with van der Waals surface area (Å²) >= 11 is 6.31. The molecule has 0 fully saturated rings. The van der Waals surface area contributed by atoms with E-state index in [-0.39, 0.29) is 5.91 Å². The predicted octanol–water partition coefficient (Wildman–Crippen LogP) is 4.43. The number of hydrogen-bond donors (Lipinski definition) is 1. The number of nitrogens with zero attached hydrogens (tertiary/aromatic N) is 1. The molecule has 0 aliphatic rings. The molecule has 0 saturated carbocycles. The molecule has 0 aliphatic carbocycles. The molecule has 0 spiro atoms. The zero-order valence-corrected chi connectivity index (χ0v) is 16.1. The molecular formula is C19H23ClN2O4. The molecule has 140 valence electrons. The molecule has 0 aliphatic heterocycles. The van der Waals surface area contributed by atoms with Gasteiger partial charge < -0.3 is 19.5 Å². The first-order chi connectivity index (χ1) is 12.5. The Morgan fingerprint density at radius 2 is 2.04 bits per heavy atom. The van der Waals surface area contributed by atoms with Crippen molar-refractivity contribution in [1.82, 2.24) is 4.98 Å². The van der Waals surface area contributed by atoms with Crippen molar-refractivity contribution in [3.63, 3.8) is 0 Å². The Kier molecular flexibility index (Phi) is 7.09. The summed E-state index contributed by atoms with van der Waals surface area (Å²) in [5, 5.41) is 3.07. The van der Waals surface area contributed by atoms with Gasteiger partial charge in [0.05, 0.1) is 25.8 Å². The fourth-order valence-corrected chi connectivity index (χ4v) is 2.50. The first-order valence-electron chi connectivity index (χ1n) is 8.27. The number of pyridine rings is 1. The molecule has 0 radical (unpaired) electrons. The molecule has 2 aromatic rings. The Morgan fingerprint density at radius 3 is 2.69 bits per heavy atom. The number of aromatic nitrogens is 1. The number of halogens is 1. The Balaban J connectivity index is 2.21. The van der Waals surface area contributed by atoms with Gasteiger partial charge in [-0.05, 0) is 36.6 Å². The molecule has 1 aromatic carbocycles. The fourth-order valence-electron chi connectivity index (χ4n) is 2.23. The molecule has 2 rings (SSSR count). The number of amides is 1. The predicted molar refractivity (Wildman–Crippen MR) is 102 cm³/mol. The minimum Gasteiger partial charge on any atom is -0.493 e. The highest BCUT2D eigenvalue weighted by molar-refractivity contribution is 6.32. The van der Waals surface area contributed by atoms with Crippen LogP contribution in [0, 0.1) is 5.92 Å². The van der Waals surface area contributed by atoms with Crippen molar-refractivity contribution >= 4 is 23.2 Å². The molecule has 26 heavy (non-hydrogen) atoms. The lowest BCUT2D eigenvalue weighted by Gasteiger charge is -2.15. The maximum atomic E-state index is 12.6. The van der Waals surface area contributed by atoms with Crippen LogP contribution in [0.3, 0.4) is 0 Å². The number of carbonyl (C=O) groups excluding carboxylic acids is 1. The molecule has 0 atom stereocenters. The van der Waals surface area contributed by atoms with Crippen LogP contribution >= 0.6 is 11.6 Å². The summed E-state index contributed by atoms with van der Waals surface area (Å²) in [6, 6.07) is 6.55. The highest BCUT2D eigenvalue weighted by Gasteiger charge is 2.17. The van der Waals surface area contributed by atoms with Gasteiger partial charge in [0.25, 0.3) is 5.91 Å². The standard InChI is InChI=1S/C19H23ClN2O4/c1-12(2)7-9-26-17-14(20)10-13(11-16(17)24-3)18(23)22-15-6-5-8-21-19(15)25-4/h5-6,8,10-12H,7,9H2,1-4H3,(H,22,23). The lowest BCUT2D eigenvalue weighted by molar-refractivity contribution is 0.102. The van der Waals surface area contributed by atoms with Crippen molar-refractivity contribution in [3.8, 4) is 17.4 Å². The van der Waals surface area contributed by atoms with Crippen LogP contribution < -0.4 is 19.5 Å². The fraction of sp³-hybridized carbons (Fsp3) is 0.368. The van der Waals surface area contributed by atoms with Gasteiger partial charge in [-0.15, -0.1) is 0 Å². The van der Waals surface area contributed by atoms with E-state index < -0.39 is 0 Å². The summed E-state index contributed by atoms with van der Waals surface area (Å²) in [6.07, 6.45) is 2.47. The van der Waals surface area contributed by atoms with Gasteiger partial charge in [-0.2, -0.15) is 0 Å².